The Hall–Kier alpha value is -2.96. The molecule has 1 amide bonds. The van der Waals surface area contributed by atoms with Crippen molar-refractivity contribution in [3.63, 3.8) is 0 Å². The van der Waals surface area contributed by atoms with Gasteiger partial charge in [0, 0.05) is 23.2 Å². The topological polar surface area (TPSA) is 75.4 Å². The van der Waals surface area contributed by atoms with Gasteiger partial charge in [0.25, 0.3) is 5.91 Å². The highest BCUT2D eigenvalue weighted by molar-refractivity contribution is 6.30. The van der Waals surface area contributed by atoms with Gasteiger partial charge in [0.05, 0.1) is 0 Å². The van der Waals surface area contributed by atoms with Crippen LogP contribution < -0.4 is 5.32 Å². The molecule has 0 spiro atoms. The molecule has 168 valence electrons. The summed E-state index contributed by atoms with van der Waals surface area (Å²) in [5.41, 5.74) is 4.15. The minimum atomic E-state index is -1.35. The van der Waals surface area contributed by atoms with E-state index in [2.05, 4.69) is 23.5 Å². The molecule has 0 saturated carbocycles. The van der Waals surface area contributed by atoms with Gasteiger partial charge in [0.2, 0.25) is 0 Å². The second-order valence-electron chi connectivity index (χ2n) is 7.64. The molecule has 1 heterocycles. The van der Waals surface area contributed by atoms with Gasteiger partial charge >= 0.3 is 0 Å². The van der Waals surface area contributed by atoms with Crippen LogP contribution in [0.2, 0.25) is 5.02 Å². The fourth-order valence-electron chi connectivity index (χ4n) is 3.49. The number of rotatable bonds is 8. The van der Waals surface area contributed by atoms with Gasteiger partial charge in [0.15, 0.2) is 11.5 Å². The third-order valence-corrected chi connectivity index (χ3v) is 5.39. The van der Waals surface area contributed by atoms with E-state index in [-0.39, 0.29) is 17.0 Å². The lowest BCUT2D eigenvalue weighted by atomic mass is 9.97. The monoisotopic (exact) mass is 456 g/mol. The van der Waals surface area contributed by atoms with Gasteiger partial charge in [-0.2, -0.15) is 0 Å². The number of nitrogens with zero attached hydrogens (tertiary/aromatic N) is 1. The van der Waals surface area contributed by atoms with Crippen molar-refractivity contribution < 1.29 is 18.8 Å². The molecule has 0 saturated heterocycles. The van der Waals surface area contributed by atoms with E-state index in [1.54, 1.807) is 13.0 Å². The molecule has 1 aromatic heterocycles. The second-order valence-corrected chi connectivity index (χ2v) is 8.08. The summed E-state index contributed by atoms with van der Waals surface area (Å²) in [5, 5.41) is 17.7. The van der Waals surface area contributed by atoms with Crippen LogP contribution in [-0.2, 0) is 0 Å². The predicted molar refractivity (Wildman–Crippen MR) is 123 cm³/mol. The molecule has 0 fully saturated rings. The lowest BCUT2D eigenvalue weighted by molar-refractivity contribution is 0.0944. The third kappa shape index (κ3) is 5.64. The average molecular weight is 457 g/mol. The van der Waals surface area contributed by atoms with Crippen LogP contribution >= 0.6 is 11.6 Å². The molecule has 3 aromatic rings. The van der Waals surface area contributed by atoms with Crippen molar-refractivity contribution in [2.24, 2.45) is 0 Å². The summed E-state index contributed by atoms with van der Waals surface area (Å²) in [6, 6.07) is 11.5. The molecular formula is C25H26ClFN2O3. The minimum Gasteiger partial charge on any atom is -0.380 e. The van der Waals surface area contributed by atoms with Crippen molar-refractivity contribution in [3.8, 4) is 0 Å². The van der Waals surface area contributed by atoms with Gasteiger partial charge in [-0.3, -0.25) is 4.79 Å². The molecule has 32 heavy (non-hydrogen) atoms. The van der Waals surface area contributed by atoms with Crippen LogP contribution in [0.25, 0.3) is 5.57 Å². The lowest BCUT2D eigenvalue weighted by Crippen LogP contribution is -2.25. The molecule has 5 nitrogen and oxygen atoms in total. The quantitative estimate of drug-likeness (QED) is 0.450. The van der Waals surface area contributed by atoms with Gasteiger partial charge in [-0.15, -0.1) is 0 Å². The number of benzene rings is 2. The van der Waals surface area contributed by atoms with Gasteiger partial charge < -0.3 is 14.9 Å². The summed E-state index contributed by atoms with van der Waals surface area (Å²) in [4.78, 5) is 12.5. The van der Waals surface area contributed by atoms with Crippen molar-refractivity contribution >= 4 is 23.1 Å². The van der Waals surface area contributed by atoms with Crippen molar-refractivity contribution in [1.29, 1.82) is 0 Å². The Labute approximate surface area is 191 Å². The zero-order valence-corrected chi connectivity index (χ0v) is 19.0. The molecule has 2 N–H and O–H groups in total. The number of amides is 1. The van der Waals surface area contributed by atoms with E-state index in [1.165, 1.54) is 18.2 Å². The van der Waals surface area contributed by atoms with Gasteiger partial charge in [-0.25, -0.2) is 4.39 Å². The highest BCUT2D eigenvalue weighted by Crippen LogP contribution is 2.27. The number of aliphatic hydroxyl groups excluding tert-OH is 1. The summed E-state index contributed by atoms with van der Waals surface area (Å²) in [6.45, 7) is 6.25. The maximum atomic E-state index is 14.1. The maximum absolute atomic E-state index is 14.1. The van der Waals surface area contributed by atoms with Crippen LogP contribution in [0.15, 0.2) is 53.1 Å². The Morgan fingerprint density at radius 1 is 1.25 bits per heavy atom. The van der Waals surface area contributed by atoms with Crippen molar-refractivity contribution in [3.05, 3.63) is 93.1 Å². The highest BCUT2D eigenvalue weighted by atomic mass is 35.5. The fourth-order valence-corrected chi connectivity index (χ4v) is 3.66. The first-order chi connectivity index (χ1) is 15.3. The third-order valence-electron chi connectivity index (χ3n) is 5.15. The molecule has 0 aliphatic carbocycles. The van der Waals surface area contributed by atoms with Crippen LogP contribution in [0.1, 0.15) is 64.4 Å². The fraction of sp³-hybridized carbons (Fsp3) is 0.280. The summed E-state index contributed by atoms with van der Waals surface area (Å²) in [7, 11) is 0. The van der Waals surface area contributed by atoms with Crippen molar-refractivity contribution in [2.75, 3.05) is 6.54 Å². The maximum Gasteiger partial charge on any atom is 0.273 e. The minimum absolute atomic E-state index is 0.000713. The molecule has 1 unspecified atom stereocenters. The van der Waals surface area contributed by atoms with Gasteiger partial charge in [-0.1, -0.05) is 53.5 Å². The predicted octanol–water partition coefficient (Wildman–Crippen LogP) is 5.78. The van der Waals surface area contributed by atoms with Crippen LogP contribution in [0.3, 0.4) is 0 Å². The number of halogens is 2. The molecule has 2 aromatic carbocycles. The lowest BCUT2D eigenvalue weighted by Gasteiger charge is -2.12. The largest absolute Gasteiger partial charge is 0.380 e. The zero-order chi connectivity index (χ0) is 23.3. The van der Waals surface area contributed by atoms with E-state index in [0.29, 0.717) is 18.0 Å². The van der Waals surface area contributed by atoms with Gasteiger partial charge in [-0.05, 0) is 61.6 Å². The van der Waals surface area contributed by atoms with E-state index in [4.69, 9.17) is 16.1 Å². The number of allylic oxidation sites excluding steroid dienone is 1. The van der Waals surface area contributed by atoms with E-state index < -0.39 is 17.8 Å². The standard InChI is InChI=1S/C25H26ClFN2O3/c1-4-5-17(19-13-18(26)8-7-16(19)3)10-11-28-25(31)22-14-23(32-29-22)24(30)20-12-15(2)6-9-21(20)27/h5-9,12-14,24,30H,4,10-11H2,1-3H3,(H,28,31)/b17-5-. The van der Waals surface area contributed by atoms with Crippen LogP contribution in [0, 0.1) is 19.7 Å². The van der Waals surface area contributed by atoms with Crippen molar-refractivity contribution in [2.45, 2.75) is 39.7 Å². The SMILES string of the molecule is CC/C=C(/CCNC(=O)c1cc(C(O)c2cc(C)ccc2F)on1)c1cc(Cl)ccc1C. The normalized spacial score (nSPS) is 12.6. The number of aryl methyl sites for hydroxylation is 2. The van der Waals surface area contributed by atoms with Crippen LogP contribution in [0.4, 0.5) is 4.39 Å². The Bertz CT molecular complexity index is 1140. The zero-order valence-electron chi connectivity index (χ0n) is 18.3. The Kier molecular flexibility index (Phi) is 7.83. The summed E-state index contributed by atoms with van der Waals surface area (Å²) in [5.74, 6) is -0.992. The molecule has 0 aliphatic rings. The number of hydrogen-bond acceptors (Lipinski definition) is 4. The Morgan fingerprint density at radius 2 is 2.03 bits per heavy atom. The van der Waals surface area contributed by atoms with Gasteiger partial charge in [0.1, 0.15) is 11.9 Å². The number of carbonyl (C=O) groups excluding carboxylic acids is 1. The molecular weight excluding hydrogens is 431 g/mol. The molecule has 0 bridgehead atoms. The van der Waals surface area contributed by atoms with E-state index in [9.17, 15) is 14.3 Å². The summed E-state index contributed by atoms with van der Waals surface area (Å²) in [6.07, 6.45) is 2.23. The number of carbonyl (C=O) groups is 1. The molecule has 7 heteroatoms. The smallest absolute Gasteiger partial charge is 0.273 e. The first-order valence-electron chi connectivity index (χ1n) is 10.4. The first kappa shape index (κ1) is 23.7. The second kappa shape index (κ2) is 10.6. The summed E-state index contributed by atoms with van der Waals surface area (Å²) < 4.78 is 19.2. The van der Waals surface area contributed by atoms with E-state index in [0.717, 1.165) is 28.7 Å². The molecule has 0 radical (unpaired) electrons. The number of hydrogen-bond donors (Lipinski definition) is 2. The van der Waals surface area contributed by atoms with Crippen LogP contribution in [0.5, 0.6) is 0 Å². The Morgan fingerprint density at radius 3 is 2.78 bits per heavy atom. The number of aromatic nitrogens is 1. The van der Waals surface area contributed by atoms with E-state index >= 15 is 0 Å². The Balaban J connectivity index is 1.65. The van der Waals surface area contributed by atoms with Crippen molar-refractivity contribution in [1.82, 2.24) is 10.5 Å². The highest BCUT2D eigenvalue weighted by Gasteiger charge is 2.22. The summed E-state index contributed by atoms with van der Waals surface area (Å²) >= 11 is 6.16. The molecule has 0 aliphatic heterocycles. The molecule has 3 rings (SSSR count). The van der Waals surface area contributed by atoms with E-state index in [1.807, 2.05) is 25.1 Å². The average Bonchev–Trinajstić information content (AvgIpc) is 3.26. The number of aliphatic hydroxyl groups is 1. The van der Waals surface area contributed by atoms with Crippen LogP contribution in [-0.4, -0.2) is 22.7 Å². The first-order valence-corrected chi connectivity index (χ1v) is 10.8. The number of nitrogens with one attached hydrogen (secondary N) is 1. The molecule has 1 atom stereocenters.